The van der Waals surface area contributed by atoms with Crippen LogP contribution in [0.25, 0.3) is 0 Å². The Morgan fingerprint density at radius 1 is 1.50 bits per heavy atom. The highest BCUT2D eigenvalue weighted by Crippen LogP contribution is 2.36. The number of nitro benzene ring substituents is 1. The largest absolute Gasteiger partial charge is 0.378 e. The van der Waals surface area contributed by atoms with Gasteiger partial charge >= 0.3 is 0 Å². The smallest absolute Gasteiger partial charge is 0.272 e. The number of nitro groups is 1. The minimum Gasteiger partial charge on any atom is -0.378 e. The molecule has 0 amide bonds. The molecule has 0 saturated heterocycles. The van der Waals surface area contributed by atoms with Crippen molar-refractivity contribution in [3.63, 3.8) is 0 Å². The zero-order chi connectivity index (χ0) is 14.8. The predicted octanol–water partition coefficient (Wildman–Crippen LogP) is 3.22. The first-order chi connectivity index (χ1) is 9.48. The Kier molecular flexibility index (Phi) is 4.28. The van der Waals surface area contributed by atoms with Gasteiger partial charge in [-0.25, -0.2) is 0 Å². The average molecular weight is 277 g/mol. The fourth-order valence-corrected chi connectivity index (χ4v) is 3.18. The van der Waals surface area contributed by atoms with Crippen LogP contribution in [0.5, 0.6) is 0 Å². The summed E-state index contributed by atoms with van der Waals surface area (Å²) in [5, 5.41) is 14.4. The van der Waals surface area contributed by atoms with Gasteiger partial charge in [0.1, 0.15) is 0 Å². The molecule has 0 heterocycles. The van der Waals surface area contributed by atoms with E-state index in [-0.39, 0.29) is 16.1 Å². The zero-order valence-electron chi connectivity index (χ0n) is 12.2. The van der Waals surface area contributed by atoms with E-state index in [0.29, 0.717) is 18.0 Å². The van der Waals surface area contributed by atoms with Crippen LogP contribution in [0.1, 0.15) is 38.2 Å². The van der Waals surface area contributed by atoms with Crippen molar-refractivity contribution in [2.45, 2.75) is 45.1 Å². The van der Waals surface area contributed by atoms with Crippen LogP contribution in [0.3, 0.4) is 0 Å². The molecule has 2 rings (SSSR count). The van der Waals surface area contributed by atoms with Gasteiger partial charge in [0.05, 0.1) is 10.5 Å². The molecule has 3 N–H and O–H groups in total. The molecule has 1 aliphatic rings. The average Bonchev–Trinajstić information content (AvgIpc) is 2.41. The molecular weight excluding hydrogens is 254 g/mol. The number of anilines is 1. The normalized spacial score (nSPS) is 26.2. The minimum absolute atomic E-state index is 0.0825. The first-order valence-corrected chi connectivity index (χ1v) is 7.22. The van der Waals surface area contributed by atoms with Crippen molar-refractivity contribution in [2.75, 3.05) is 11.9 Å². The minimum atomic E-state index is -0.346. The standard InChI is InChI=1S/C15H23N3O2/c1-11-9-13(6-7-14(11)18(19)20)17-15(10-16)8-4-3-5-12(15)2/h6-7,9,12,17H,3-5,8,10,16H2,1-2H3. The van der Waals surface area contributed by atoms with Crippen molar-refractivity contribution < 1.29 is 4.92 Å². The molecule has 2 atom stereocenters. The number of hydrogen-bond donors (Lipinski definition) is 2. The van der Waals surface area contributed by atoms with E-state index in [4.69, 9.17) is 5.73 Å². The second-order valence-electron chi connectivity index (χ2n) is 5.89. The summed E-state index contributed by atoms with van der Waals surface area (Å²) in [5.74, 6) is 0.511. The van der Waals surface area contributed by atoms with Crippen molar-refractivity contribution in [1.29, 1.82) is 0 Å². The van der Waals surface area contributed by atoms with E-state index >= 15 is 0 Å². The van der Waals surface area contributed by atoms with Crippen LogP contribution in [0, 0.1) is 23.0 Å². The first kappa shape index (κ1) is 14.8. The van der Waals surface area contributed by atoms with Gasteiger partial charge in [0.2, 0.25) is 0 Å². The summed E-state index contributed by atoms with van der Waals surface area (Å²) in [4.78, 5) is 10.5. The molecule has 0 aromatic heterocycles. The molecule has 0 aliphatic heterocycles. The van der Waals surface area contributed by atoms with Gasteiger partial charge in [-0.15, -0.1) is 0 Å². The van der Waals surface area contributed by atoms with Gasteiger partial charge in [-0.3, -0.25) is 10.1 Å². The van der Waals surface area contributed by atoms with Crippen LogP contribution < -0.4 is 11.1 Å². The quantitative estimate of drug-likeness (QED) is 0.654. The van der Waals surface area contributed by atoms with E-state index in [9.17, 15) is 10.1 Å². The first-order valence-electron chi connectivity index (χ1n) is 7.22. The third-order valence-electron chi connectivity index (χ3n) is 4.60. The lowest BCUT2D eigenvalue weighted by Crippen LogP contribution is -2.52. The Hall–Kier alpha value is -1.62. The van der Waals surface area contributed by atoms with Gasteiger partial charge in [-0.1, -0.05) is 19.8 Å². The van der Waals surface area contributed by atoms with Crippen molar-refractivity contribution in [2.24, 2.45) is 11.7 Å². The number of nitrogens with zero attached hydrogens (tertiary/aromatic N) is 1. The van der Waals surface area contributed by atoms with E-state index in [1.807, 2.05) is 6.07 Å². The van der Waals surface area contributed by atoms with Crippen molar-refractivity contribution >= 4 is 11.4 Å². The summed E-state index contributed by atoms with van der Waals surface area (Å²) in [6, 6.07) is 5.19. The molecule has 20 heavy (non-hydrogen) atoms. The lowest BCUT2D eigenvalue weighted by atomic mass is 9.73. The van der Waals surface area contributed by atoms with Gasteiger partial charge in [-0.2, -0.15) is 0 Å². The van der Waals surface area contributed by atoms with Crippen LogP contribution in [-0.4, -0.2) is 17.0 Å². The second kappa shape index (κ2) is 5.79. The maximum atomic E-state index is 10.9. The third kappa shape index (κ3) is 2.77. The molecule has 0 spiro atoms. The summed E-state index contributed by atoms with van der Waals surface area (Å²) in [7, 11) is 0. The molecule has 1 aromatic carbocycles. The molecular formula is C15H23N3O2. The van der Waals surface area contributed by atoms with E-state index < -0.39 is 0 Å². The van der Waals surface area contributed by atoms with E-state index in [0.717, 1.165) is 12.1 Å². The molecule has 1 fully saturated rings. The third-order valence-corrected chi connectivity index (χ3v) is 4.60. The SMILES string of the molecule is Cc1cc(NC2(CN)CCCCC2C)ccc1[N+](=O)[O-]. The number of nitrogens with one attached hydrogen (secondary N) is 1. The maximum Gasteiger partial charge on any atom is 0.272 e. The van der Waals surface area contributed by atoms with Crippen LogP contribution in [-0.2, 0) is 0 Å². The number of benzene rings is 1. The summed E-state index contributed by atoms with van der Waals surface area (Å²) in [6.45, 7) is 4.59. The Morgan fingerprint density at radius 2 is 2.25 bits per heavy atom. The summed E-state index contributed by atoms with van der Waals surface area (Å²) in [5.41, 5.74) is 7.70. The van der Waals surface area contributed by atoms with Crippen molar-refractivity contribution in [3.05, 3.63) is 33.9 Å². The van der Waals surface area contributed by atoms with Gasteiger partial charge in [0.15, 0.2) is 0 Å². The molecule has 0 bridgehead atoms. The monoisotopic (exact) mass is 277 g/mol. The van der Waals surface area contributed by atoms with Crippen LogP contribution >= 0.6 is 0 Å². The van der Waals surface area contributed by atoms with Crippen LogP contribution in [0.15, 0.2) is 18.2 Å². The van der Waals surface area contributed by atoms with E-state index in [1.54, 1.807) is 19.1 Å². The van der Waals surface area contributed by atoms with Crippen LogP contribution in [0.2, 0.25) is 0 Å². The Bertz CT molecular complexity index is 504. The summed E-state index contributed by atoms with van der Waals surface area (Å²) in [6.07, 6.45) is 4.67. The lowest BCUT2D eigenvalue weighted by Gasteiger charge is -2.43. The predicted molar refractivity (Wildman–Crippen MR) is 80.9 cm³/mol. The van der Waals surface area contributed by atoms with E-state index in [2.05, 4.69) is 12.2 Å². The van der Waals surface area contributed by atoms with Crippen molar-refractivity contribution in [3.8, 4) is 0 Å². The number of hydrogen-bond acceptors (Lipinski definition) is 4. The van der Waals surface area contributed by atoms with Gasteiger partial charge in [0.25, 0.3) is 5.69 Å². The molecule has 1 saturated carbocycles. The van der Waals surface area contributed by atoms with Gasteiger partial charge < -0.3 is 11.1 Å². The number of nitrogens with two attached hydrogens (primary N) is 1. The Labute approximate surface area is 119 Å². The molecule has 1 aromatic rings. The zero-order valence-corrected chi connectivity index (χ0v) is 12.2. The van der Waals surface area contributed by atoms with E-state index in [1.165, 1.54) is 19.3 Å². The highest BCUT2D eigenvalue weighted by atomic mass is 16.6. The number of aryl methyl sites for hydroxylation is 1. The molecule has 110 valence electrons. The van der Waals surface area contributed by atoms with Gasteiger partial charge in [0, 0.05) is 23.9 Å². The fourth-order valence-electron chi connectivity index (χ4n) is 3.18. The maximum absolute atomic E-state index is 10.9. The van der Waals surface area contributed by atoms with Crippen molar-refractivity contribution in [1.82, 2.24) is 0 Å². The van der Waals surface area contributed by atoms with Gasteiger partial charge in [-0.05, 0) is 37.8 Å². The molecule has 1 aliphatic carbocycles. The highest BCUT2D eigenvalue weighted by molar-refractivity contribution is 5.55. The lowest BCUT2D eigenvalue weighted by molar-refractivity contribution is -0.385. The molecule has 2 unspecified atom stereocenters. The Balaban J connectivity index is 2.23. The number of rotatable bonds is 4. The molecule has 0 radical (unpaired) electrons. The summed E-state index contributed by atoms with van der Waals surface area (Å²) < 4.78 is 0. The summed E-state index contributed by atoms with van der Waals surface area (Å²) >= 11 is 0. The fraction of sp³-hybridized carbons (Fsp3) is 0.600. The molecule has 5 heteroatoms. The molecule has 5 nitrogen and oxygen atoms in total. The van der Waals surface area contributed by atoms with Crippen LogP contribution in [0.4, 0.5) is 11.4 Å². The Morgan fingerprint density at radius 3 is 2.80 bits per heavy atom. The topological polar surface area (TPSA) is 81.2 Å². The second-order valence-corrected chi connectivity index (χ2v) is 5.89. The highest BCUT2D eigenvalue weighted by Gasteiger charge is 2.36.